The monoisotopic (exact) mass is 661 g/mol. The molecule has 0 unspecified atom stereocenters. The molecule has 236 valence electrons. The van der Waals surface area contributed by atoms with Gasteiger partial charge >= 0.3 is 0 Å². The standard InChI is InChI=1S/C32H37Cl2N3O6S/c1-4-28(32(39)35-23-9-5-6-10-23)36(20-22-13-18-26(33)27(34)19-22)31(38)21-37(29-11-7-8-12-30(29)43-3)44(40,41)25-16-14-24(42-2)15-17-25/h7-8,11-19,23,28H,4-6,9-10,20-21H2,1-3H3,(H,35,39)/t28-/m1/s1. The Morgan fingerprint density at radius 2 is 1.64 bits per heavy atom. The number of hydrogen-bond donors (Lipinski definition) is 1. The minimum atomic E-state index is -4.29. The molecule has 3 aromatic carbocycles. The zero-order valence-corrected chi connectivity index (χ0v) is 27.3. The van der Waals surface area contributed by atoms with Crippen molar-refractivity contribution in [3.63, 3.8) is 0 Å². The van der Waals surface area contributed by atoms with E-state index in [0.717, 1.165) is 30.0 Å². The molecule has 1 aliphatic rings. The highest BCUT2D eigenvalue weighted by atomic mass is 35.5. The average Bonchev–Trinajstić information content (AvgIpc) is 3.54. The highest BCUT2D eigenvalue weighted by molar-refractivity contribution is 7.92. The van der Waals surface area contributed by atoms with Crippen LogP contribution in [0.5, 0.6) is 11.5 Å². The predicted octanol–water partition coefficient (Wildman–Crippen LogP) is 6.07. The van der Waals surface area contributed by atoms with Crippen molar-refractivity contribution in [3.8, 4) is 11.5 Å². The van der Waals surface area contributed by atoms with Crippen LogP contribution in [0.15, 0.2) is 71.6 Å². The molecule has 1 atom stereocenters. The molecule has 0 aromatic heterocycles. The molecule has 1 N–H and O–H groups in total. The summed E-state index contributed by atoms with van der Waals surface area (Å²) in [6.07, 6.45) is 4.14. The second kappa shape index (κ2) is 15.0. The van der Waals surface area contributed by atoms with Crippen molar-refractivity contribution < 1.29 is 27.5 Å². The maximum absolute atomic E-state index is 14.3. The zero-order chi connectivity index (χ0) is 31.9. The summed E-state index contributed by atoms with van der Waals surface area (Å²) >= 11 is 12.4. The van der Waals surface area contributed by atoms with E-state index < -0.39 is 28.5 Å². The van der Waals surface area contributed by atoms with Gasteiger partial charge in [0.1, 0.15) is 24.1 Å². The van der Waals surface area contributed by atoms with Crippen LogP contribution < -0.4 is 19.1 Å². The van der Waals surface area contributed by atoms with Gasteiger partial charge in [0.2, 0.25) is 11.8 Å². The third-order valence-electron chi connectivity index (χ3n) is 7.70. The van der Waals surface area contributed by atoms with Crippen LogP contribution in [0.4, 0.5) is 5.69 Å². The Morgan fingerprint density at radius 1 is 0.955 bits per heavy atom. The van der Waals surface area contributed by atoms with Crippen molar-refractivity contribution in [2.45, 2.75) is 62.6 Å². The van der Waals surface area contributed by atoms with Gasteiger partial charge in [0.05, 0.1) is 34.8 Å². The van der Waals surface area contributed by atoms with Gasteiger partial charge in [-0.05, 0) is 73.4 Å². The van der Waals surface area contributed by atoms with Gasteiger partial charge in [0.15, 0.2) is 0 Å². The molecule has 0 saturated heterocycles. The Kier molecular flexibility index (Phi) is 11.4. The van der Waals surface area contributed by atoms with Crippen molar-refractivity contribution in [1.29, 1.82) is 0 Å². The van der Waals surface area contributed by atoms with Gasteiger partial charge in [-0.15, -0.1) is 0 Å². The number of sulfonamides is 1. The number of amides is 2. The summed E-state index contributed by atoms with van der Waals surface area (Å²) in [6.45, 7) is 1.23. The largest absolute Gasteiger partial charge is 0.497 e. The summed E-state index contributed by atoms with van der Waals surface area (Å²) in [5.41, 5.74) is 0.818. The van der Waals surface area contributed by atoms with Crippen molar-refractivity contribution in [1.82, 2.24) is 10.2 Å². The number of benzene rings is 3. The van der Waals surface area contributed by atoms with Crippen LogP contribution in [0.1, 0.15) is 44.6 Å². The highest BCUT2D eigenvalue weighted by Crippen LogP contribution is 2.33. The van der Waals surface area contributed by atoms with E-state index in [4.69, 9.17) is 32.7 Å². The summed E-state index contributed by atoms with van der Waals surface area (Å²) < 4.78 is 40.0. The minimum Gasteiger partial charge on any atom is -0.497 e. The van der Waals surface area contributed by atoms with Crippen molar-refractivity contribution >= 4 is 50.7 Å². The van der Waals surface area contributed by atoms with Gasteiger partial charge in [0, 0.05) is 12.6 Å². The summed E-state index contributed by atoms with van der Waals surface area (Å²) in [6, 6.07) is 16.6. The van der Waals surface area contributed by atoms with Crippen LogP contribution in [-0.4, -0.2) is 58.0 Å². The molecule has 0 radical (unpaired) electrons. The smallest absolute Gasteiger partial charge is 0.264 e. The number of nitrogens with one attached hydrogen (secondary N) is 1. The van der Waals surface area contributed by atoms with E-state index >= 15 is 0 Å². The third kappa shape index (κ3) is 7.78. The second-order valence-electron chi connectivity index (χ2n) is 10.5. The van der Waals surface area contributed by atoms with Gasteiger partial charge in [-0.3, -0.25) is 13.9 Å². The molecule has 1 aliphatic carbocycles. The Balaban J connectivity index is 1.75. The molecular weight excluding hydrogens is 625 g/mol. The van der Waals surface area contributed by atoms with Crippen molar-refractivity contribution in [3.05, 3.63) is 82.3 Å². The van der Waals surface area contributed by atoms with E-state index in [-0.39, 0.29) is 34.8 Å². The summed E-state index contributed by atoms with van der Waals surface area (Å²) in [7, 11) is -1.37. The van der Waals surface area contributed by atoms with E-state index in [1.165, 1.54) is 43.4 Å². The fourth-order valence-corrected chi connectivity index (χ4v) is 7.09. The number of para-hydroxylation sites is 2. The van der Waals surface area contributed by atoms with Gasteiger partial charge in [-0.1, -0.05) is 61.2 Å². The number of carbonyl (C=O) groups is 2. The third-order valence-corrected chi connectivity index (χ3v) is 10.2. The Bertz CT molecular complexity index is 1560. The van der Waals surface area contributed by atoms with Gasteiger partial charge in [-0.25, -0.2) is 8.42 Å². The molecule has 1 fully saturated rings. The molecule has 9 nitrogen and oxygen atoms in total. The zero-order valence-electron chi connectivity index (χ0n) is 25.0. The molecular formula is C32H37Cl2N3O6S. The van der Waals surface area contributed by atoms with E-state index in [1.54, 1.807) is 42.5 Å². The molecule has 12 heteroatoms. The Morgan fingerprint density at radius 3 is 2.25 bits per heavy atom. The number of methoxy groups -OCH3 is 2. The molecule has 0 bridgehead atoms. The first kappa shape index (κ1) is 33.4. The predicted molar refractivity (Wildman–Crippen MR) is 172 cm³/mol. The summed E-state index contributed by atoms with van der Waals surface area (Å²) in [5.74, 6) is -0.114. The van der Waals surface area contributed by atoms with E-state index in [0.29, 0.717) is 27.8 Å². The van der Waals surface area contributed by atoms with Crippen molar-refractivity contribution in [2.75, 3.05) is 25.1 Å². The lowest BCUT2D eigenvalue weighted by Crippen LogP contribution is -2.53. The Hall–Kier alpha value is -3.47. The lowest BCUT2D eigenvalue weighted by molar-refractivity contribution is -0.140. The van der Waals surface area contributed by atoms with Crippen LogP contribution in [-0.2, 0) is 26.2 Å². The Labute approximate surface area is 269 Å². The van der Waals surface area contributed by atoms with E-state index in [1.807, 2.05) is 6.92 Å². The fourth-order valence-electron chi connectivity index (χ4n) is 5.35. The van der Waals surface area contributed by atoms with Crippen molar-refractivity contribution in [2.24, 2.45) is 0 Å². The number of rotatable bonds is 13. The normalized spacial score (nSPS) is 14.1. The minimum absolute atomic E-state index is 0.00859. The van der Waals surface area contributed by atoms with E-state index in [2.05, 4.69) is 5.32 Å². The quantitative estimate of drug-likeness (QED) is 0.238. The lowest BCUT2D eigenvalue weighted by Gasteiger charge is -2.34. The molecule has 1 saturated carbocycles. The molecule has 4 rings (SSSR count). The SMILES string of the molecule is CC[C@H](C(=O)NC1CCCC1)N(Cc1ccc(Cl)c(Cl)c1)C(=O)CN(c1ccccc1OC)S(=O)(=O)c1ccc(OC)cc1. The molecule has 3 aromatic rings. The maximum atomic E-state index is 14.3. The number of nitrogens with zero attached hydrogens (tertiary/aromatic N) is 2. The van der Waals surface area contributed by atoms with Crippen LogP contribution in [0.25, 0.3) is 0 Å². The number of carbonyl (C=O) groups excluding carboxylic acids is 2. The molecule has 0 heterocycles. The first-order valence-corrected chi connectivity index (χ1v) is 16.6. The second-order valence-corrected chi connectivity index (χ2v) is 13.2. The highest BCUT2D eigenvalue weighted by Gasteiger charge is 2.35. The topological polar surface area (TPSA) is 105 Å². The number of halogens is 2. The average molecular weight is 663 g/mol. The molecule has 0 aliphatic heterocycles. The number of anilines is 1. The summed E-state index contributed by atoms with van der Waals surface area (Å²) in [5, 5.41) is 3.76. The lowest BCUT2D eigenvalue weighted by atomic mass is 10.1. The van der Waals surface area contributed by atoms with Gasteiger partial charge in [-0.2, -0.15) is 0 Å². The van der Waals surface area contributed by atoms with Gasteiger partial charge in [0.25, 0.3) is 10.0 Å². The van der Waals surface area contributed by atoms with E-state index in [9.17, 15) is 18.0 Å². The molecule has 0 spiro atoms. The fraction of sp³-hybridized carbons (Fsp3) is 0.375. The summed E-state index contributed by atoms with van der Waals surface area (Å²) in [4.78, 5) is 29.3. The van der Waals surface area contributed by atoms with Crippen LogP contribution in [0.2, 0.25) is 10.0 Å². The number of hydrogen-bond acceptors (Lipinski definition) is 6. The molecule has 2 amide bonds. The molecule has 44 heavy (non-hydrogen) atoms. The maximum Gasteiger partial charge on any atom is 0.264 e. The first-order chi connectivity index (χ1) is 21.1. The first-order valence-electron chi connectivity index (χ1n) is 14.4. The van der Waals surface area contributed by atoms with Crippen LogP contribution in [0, 0.1) is 0 Å². The van der Waals surface area contributed by atoms with Gasteiger partial charge < -0.3 is 19.7 Å². The van der Waals surface area contributed by atoms with Crippen LogP contribution >= 0.6 is 23.2 Å². The van der Waals surface area contributed by atoms with Crippen LogP contribution in [0.3, 0.4) is 0 Å². The number of ether oxygens (including phenoxy) is 2.